The molecule has 70 valence electrons. The lowest BCUT2D eigenvalue weighted by atomic mass is 9.62. The summed E-state index contributed by atoms with van der Waals surface area (Å²) >= 11 is 0. The van der Waals surface area contributed by atoms with E-state index in [-0.39, 0.29) is 0 Å². The first kappa shape index (κ1) is 8.55. The van der Waals surface area contributed by atoms with Crippen molar-refractivity contribution < 1.29 is 0 Å². The Hall–Kier alpha value is -0.0400. The van der Waals surface area contributed by atoms with Crippen molar-refractivity contribution in [1.82, 2.24) is 4.90 Å². The first-order valence-electron chi connectivity index (χ1n) is 5.31. The van der Waals surface area contributed by atoms with Crippen LogP contribution in [0.15, 0.2) is 0 Å². The number of fused-ring (bicyclic) bond motifs is 1. The summed E-state index contributed by atoms with van der Waals surface area (Å²) in [6.45, 7) is 9.94. The van der Waals surface area contributed by atoms with Gasteiger partial charge in [0.25, 0.3) is 0 Å². The summed E-state index contributed by atoms with van der Waals surface area (Å²) in [5.41, 5.74) is 1.08. The second kappa shape index (κ2) is 2.47. The zero-order chi connectivity index (χ0) is 8.82. The molecule has 1 atom stereocenters. The minimum Gasteiger partial charge on any atom is -0.297 e. The van der Waals surface area contributed by atoms with Crippen LogP contribution >= 0.6 is 0 Å². The third-order valence-corrected chi connectivity index (χ3v) is 4.07. The summed E-state index contributed by atoms with van der Waals surface area (Å²) < 4.78 is 0. The van der Waals surface area contributed by atoms with Gasteiger partial charge in [-0.2, -0.15) is 0 Å². The highest BCUT2D eigenvalue weighted by Gasteiger charge is 2.52. The van der Waals surface area contributed by atoms with Crippen LogP contribution in [0.5, 0.6) is 0 Å². The van der Waals surface area contributed by atoms with Gasteiger partial charge in [0.05, 0.1) is 0 Å². The molecule has 2 rings (SSSR count). The maximum absolute atomic E-state index is 2.72. The van der Waals surface area contributed by atoms with Gasteiger partial charge in [-0.05, 0) is 31.2 Å². The van der Waals surface area contributed by atoms with Crippen molar-refractivity contribution in [2.24, 2.45) is 5.41 Å². The van der Waals surface area contributed by atoms with Crippen LogP contribution in [0.3, 0.4) is 0 Å². The van der Waals surface area contributed by atoms with Crippen LogP contribution in [0, 0.1) is 5.41 Å². The van der Waals surface area contributed by atoms with Gasteiger partial charge in [-0.3, -0.25) is 4.90 Å². The van der Waals surface area contributed by atoms with Gasteiger partial charge in [-0.25, -0.2) is 0 Å². The van der Waals surface area contributed by atoms with Gasteiger partial charge in [0.15, 0.2) is 0 Å². The number of rotatable bonds is 0. The van der Waals surface area contributed by atoms with Crippen molar-refractivity contribution in [3.63, 3.8) is 0 Å². The molecule has 1 heteroatoms. The molecule has 0 aromatic rings. The molecular formula is C11H21N. The Labute approximate surface area is 76.1 Å². The van der Waals surface area contributed by atoms with E-state index in [0.29, 0.717) is 11.0 Å². The molecule has 0 amide bonds. The largest absolute Gasteiger partial charge is 0.297 e. The van der Waals surface area contributed by atoms with Crippen LogP contribution in [-0.2, 0) is 0 Å². The maximum atomic E-state index is 2.72. The van der Waals surface area contributed by atoms with Crippen LogP contribution < -0.4 is 0 Å². The van der Waals surface area contributed by atoms with E-state index in [2.05, 4.69) is 25.7 Å². The standard InChI is InChI=1S/C11H21N/c1-10(2,3)11-6-4-5-8-12(11)9-7-11/h4-9H2,1-3H3. The molecule has 0 radical (unpaired) electrons. The summed E-state index contributed by atoms with van der Waals surface area (Å²) in [6.07, 6.45) is 5.76. The lowest BCUT2D eigenvalue weighted by Crippen LogP contribution is -2.68. The molecular weight excluding hydrogens is 146 g/mol. The van der Waals surface area contributed by atoms with Crippen LogP contribution in [0.2, 0.25) is 0 Å². The van der Waals surface area contributed by atoms with Gasteiger partial charge < -0.3 is 0 Å². The Kier molecular flexibility index (Phi) is 1.76. The molecule has 0 aromatic heterocycles. The predicted octanol–water partition coefficient (Wildman–Crippen LogP) is 2.66. The number of nitrogens with zero attached hydrogens (tertiary/aromatic N) is 1. The van der Waals surface area contributed by atoms with Gasteiger partial charge in [0.1, 0.15) is 0 Å². The molecule has 12 heavy (non-hydrogen) atoms. The topological polar surface area (TPSA) is 3.24 Å². The summed E-state index contributed by atoms with van der Waals surface area (Å²) in [6, 6.07) is 0. The minimum absolute atomic E-state index is 0.492. The second-order valence-corrected chi connectivity index (χ2v) is 5.48. The second-order valence-electron chi connectivity index (χ2n) is 5.48. The van der Waals surface area contributed by atoms with Gasteiger partial charge in [0.2, 0.25) is 0 Å². The molecule has 2 heterocycles. The Balaban J connectivity index is 2.18. The van der Waals surface area contributed by atoms with Gasteiger partial charge in [-0.1, -0.05) is 27.2 Å². The number of hydrogen-bond donors (Lipinski definition) is 0. The highest BCUT2D eigenvalue weighted by Crippen LogP contribution is 2.50. The van der Waals surface area contributed by atoms with Crippen molar-refractivity contribution in [3.8, 4) is 0 Å². The summed E-state index contributed by atoms with van der Waals surface area (Å²) in [5, 5.41) is 0. The normalized spacial score (nSPS) is 37.2. The Bertz CT molecular complexity index is 180. The smallest absolute Gasteiger partial charge is 0.0270 e. The van der Waals surface area contributed by atoms with E-state index in [0.717, 1.165) is 0 Å². The third-order valence-electron chi connectivity index (χ3n) is 4.07. The first-order chi connectivity index (χ1) is 5.56. The van der Waals surface area contributed by atoms with Gasteiger partial charge >= 0.3 is 0 Å². The van der Waals surface area contributed by atoms with E-state index >= 15 is 0 Å². The lowest BCUT2D eigenvalue weighted by Gasteiger charge is -2.62. The van der Waals surface area contributed by atoms with Crippen molar-refractivity contribution in [3.05, 3.63) is 0 Å². The van der Waals surface area contributed by atoms with Crippen LogP contribution in [0.4, 0.5) is 0 Å². The maximum Gasteiger partial charge on any atom is 0.0270 e. The monoisotopic (exact) mass is 167 g/mol. The molecule has 2 fully saturated rings. The van der Waals surface area contributed by atoms with Crippen molar-refractivity contribution >= 4 is 0 Å². The fourth-order valence-electron chi connectivity index (χ4n) is 3.09. The fraction of sp³-hybridized carbons (Fsp3) is 1.00. The van der Waals surface area contributed by atoms with E-state index < -0.39 is 0 Å². The molecule has 1 unspecified atom stereocenters. The van der Waals surface area contributed by atoms with Crippen LogP contribution in [-0.4, -0.2) is 23.5 Å². The quantitative estimate of drug-likeness (QED) is 0.536. The average molecular weight is 167 g/mol. The number of hydrogen-bond acceptors (Lipinski definition) is 1. The lowest BCUT2D eigenvalue weighted by molar-refractivity contribution is -0.116. The van der Waals surface area contributed by atoms with Crippen molar-refractivity contribution in [2.75, 3.05) is 13.1 Å². The SMILES string of the molecule is CC(C)(C)C12CCCCN1CC2. The van der Waals surface area contributed by atoms with E-state index in [1.54, 1.807) is 0 Å². The highest BCUT2D eigenvalue weighted by atomic mass is 15.3. The molecule has 2 saturated heterocycles. The third kappa shape index (κ3) is 0.953. The molecule has 0 saturated carbocycles. The average Bonchev–Trinajstić information content (AvgIpc) is 1.89. The molecule has 0 aliphatic carbocycles. The van der Waals surface area contributed by atoms with Gasteiger partial charge in [-0.15, -0.1) is 0 Å². The Morgan fingerprint density at radius 1 is 1.00 bits per heavy atom. The first-order valence-corrected chi connectivity index (χ1v) is 5.31. The molecule has 2 aliphatic rings. The molecule has 2 aliphatic heterocycles. The molecule has 0 N–H and O–H groups in total. The van der Waals surface area contributed by atoms with E-state index in [1.807, 2.05) is 0 Å². The zero-order valence-electron chi connectivity index (χ0n) is 8.69. The molecule has 1 nitrogen and oxygen atoms in total. The molecule has 0 spiro atoms. The number of piperidine rings is 1. The summed E-state index contributed by atoms with van der Waals surface area (Å²) in [5.74, 6) is 0. The van der Waals surface area contributed by atoms with Crippen molar-refractivity contribution in [2.45, 2.75) is 52.0 Å². The van der Waals surface area contributed by atoms with E-state index in [4.69, 9.17) is 0 Å². The minimum atomic E-state index is 0.492. The highest BCUT2D eigenvalue weighted by molar-refractivity contribution is 5.08. The fourth-order valence-corrected chi connectivity index (χ4v) is 3.09. The predicted molar refractivity (Wildman–Crippen MR) is 52.2 cm³/mol. The van der Waals surface area contributed by atoms with Crippen LogP contribution in [0.1, 0.15) is 46.5 Å². The molecule has 0 aromatic carbocycles. The summed E-state index contributed by atoms with van der Waals surface area (Å²) in [7, 11) is 0. The zero-order valence-corrected chi connectivity index (χ0v) is 8.69. The molecule has 0 bridgehead atoms. The Morgan fingerprint density at radius 2 is 1.75 bits per heavy atom. The van der Waals surface area contributed by atoms with E-state index in [1.165, 1.54) is 38.8 Å². The summed E-state index contributed by atoms with van der Waals surface area (Å²) in [4.78, 5) is 2.72. The van der Waals surface area contributed by atoms with Gasteiger partial charge in [0, 0.05) is 12.1 Å². The van der Waals surface area contributed by atoms with E-state index in [9.17, 15) is 0 Å². The van der Waals surface area contributed by atoms with Crippen LogP contribution in [0.25, 0.3) is 0 Å². The Morgan fingerprint density at radius 3 is 2.08 bits per heavy atom. The van der Waals surface area contributed by atoms with Crippen molar-refractivity contribution in [1.29, 1.82) is 0 Å².